The molecule has 2 heterocycles. The van der Waals surface area contributed by atoms with Crippen molar-refractivity contribution in [2.24, 2.45) is 0 Å². The highest BCUT2D eigenvalue weighted by atomic mass is 35.5. The van der Waals surface area contributed by atoms with Gasteiger partial charge < -0.3 is 4.90 Å². The fourth-order valence-electron chi connectivity index (χ4n) is 3.22. The van der Waals surface area contributed by atoms with Crippen LogP contribution in [0.2, 0.25) is 5.02 Å². The second-order valence-corrected chi connectivity index (χ2v) is 5.59. The van der Waals surface area contributed by atoms with E-state index >= 15 is 0 Å². The molecule has 3 heteroatoms. The van der Waals surface area contributed by atoms with E-state index in [-0.39, 0.29) is 0 Å². The minimum absolute atomic E-state index is 0.749. The second-order valence-electron chi connectivity index (χ2n) is 5.18. The summed E-state index contributed by atoms with van der Waals surface area (Å²) in [6.07, 6.45) is 2.71. The Morgan fingerprint density at radius 1 is 1.24 bits per heavy atom. The van der Waals surface area contributed by atoms with Gasteiger partial charge in [0.2, 0.25) is 0 Å². The summed E-state index contributed by atoms with van der Waals surface area (Å²) in [5, 5.41) is 0.899. The summed E-state index contributed by atoms with van der Waals surface area (Å²) in [5.74, 6) is 0. The molecule has 0 N–H and O–H groups in total. The molecule has 3 rings (SSSR count). The molecule has 1 atom stereocenters. The lowest BCUT2D eigenvalue weighted by Gasteiger charge is -2.39. The third-order valence-corrected chi connectivity index (χ3v) is 4.40. The number of anilines is 1. The number of nitrogens with zero attached hydrogens (tertiary/aromatic N) is 2. The predicted octanol–water partition coefficient (Wildman–Crippen LogP) is 2.93. The molecule has 92 valence electrons. The Labute approximate surface area is 108 Å². The third-order valence-electron chi connectivity index (χ3n) is 4.09. The molecule has 2 aliphatic rings. The Kier molecular flexibility index (Phi) is 3.01. The maximum absolute atomic E-state index is 6.35. The molecule has 0 aromatic heterocycles. The Hall–Kier alpha value is -0.730. The van der Waals surface area contributed by atoms with Crippen LogP contribution < -0.4 is 4.90 Å². The average Bonchev–Trinajstić information content (AvgIpc) is 2.76. The van der Waals surface area contributed by atoms with Gasteiger partial charge in [0.25, 0.3) is 0 Å². The number of hydrogen-bond acceptors (Lipinski definition) is 2. The van der Waals surface area contributed by atoms with Crippen molar-refractivity contribution < 1.29 is 0 Å². The van der Waals surface area contributed by atoms with Crippen LogP contribution in [0.15, 0.2) is 18.2 Å². The van der Waals surface area contributed by atoms with Crippen molar-refractivity contribution >= 4 is 17.3 Å². The first-order chi connectivity index (χ1) is 8.25. The van der Waals surface area contributed by atoms with Crippen LogP contribution >= 0.6 is 11.6 Å². The summed E-state index contributed by atoms with van der Waals surface area (Å²) >= 11 is 6.35. The molecule has 0 amide bonds. The van der Waals surface area contributed by atoms with Crippen molar-refractivity contribution in [1.82, 2.24) is 4.90 Å². The number of piperazine rings is 1. The molecule has 2 aliphatic heterocycles. The molecule has 1 aromatic carbocycles. The van der Waals surface area contributed by atoms with Crippen molar-refractivity contribution in [2.45, 2.75) is 25.8 Å². The normalized spacial score (nSPS) is 25.1. The molecular weight excluding hydrogens is 232 g/mol. The molecule has 0 saturated carbocycles. The Balaban J connectivity index is 1.85. The first-order valence-electron chi connectivity index (χ1n) is 6.50. The predicted molar refractivity (Wildman–Crippen MR) is 73.0 cm³/mol. The molecule has 2 fully saturated rings. The van der Waals surface area contributed by atoms with E-state index in [9.17, 15) is 0 Å². The lowest BCUT2D eigenvalue weighted by Crippen LogP contribution is -2.50. The highest BCUT2D eigenvalue weighted by Gasteiger charge is 2.31. The van der Waals surface area contributed by atoms with Crippen LogP contribution in [0.1, 0.15) is 18.4 Å². The van der Waals surface area contributed by atoms with E-state index in [0.717, 1.165) is 24.2 Å². The smallest absolute Gasteiger partial charge is 0.0642 e. The van der Waals surface area contributed by atoms with E-state index in [2.05, 4.69) is 22.8 Å². The van der Waals surface area contributed by atoms with Crippen LogP contribution in [-0.2, 0) is 0 Å². The first kappa shape index (κ1) is 11.4. The largest absolute Gasteiger partial charge is 0.367 e. The molecule has 1 aromatic rings. The van der Waals surface area contributed by atoms with Gasteiger partial charge in [-0.05, 0) is 37.9 Å². The van der Waals surface area contributed by atoms with Crippen molar-refractivity contribution in [3.63, 3.8) is 0 Å². The molecule has 17 heavy (non-hydrogen) atoms. The summed E-state index contributed by atoms with van der Waals surface area (Å²) in [6.45, 7) is 6.89. The summed E-state index contributed by atoms with van der Waals surface area (Å²) in [6, 6.07) is 6.94. The van der Waals surface area contributed by atoms with Crippen LogP contribution in [0.3, 0.4) is 0 Å². The van der Waals surface area contributed by atoms with Gasteiger partial charge in [0.15, 0.2) is 0 Å². The zero-order valence-electron chi connectivity index (χ0n) is 10.3. The number of para-hydroxylation sites is 1. The van der Waals surface area contributed by atoms with Gasteiger partial charge >= 0.3 is 0 Å². The Morgan fingerprint density at radius 3 is 2.94 bits per heavy atom. The maximum Gasteiger partial charge on any atom is 0.0642 e. The van der Waals surface area contributed by atoms with Crippen LogP contribution in [0.4, 0.5) is 5.69 Å². The van der Waals surface area contributed by atoms with E-state index in [0.29, 0.717) is 0 Å². The van der Waals surface area contributed by atoms with Gasteiger partial charge in [-0.15, -0.1) is 0 Å². The fraction of sp³-hybridized carbons (Fsp3) is 0.571. The molecule has 2 nitrogen and oxygen atoms in total. The van der Waals surface area contributed by atoms with Crippen molar-refractivity contribution in [3.05, 3.63) is 28.8 Å². The monoisotopic (exact) mass is 250 g/mol. The first-order valence-corrected chi connectivity index (χ1v) is 6.87. The van der Waals surface area contributed by atoms with Crippen molar-refractivity contribution in [2.75, 3.05) is 31.1 Å². The molecule has 0 aliphatic carbocycles. The number of halogens is 1. The average molecular weight is 251 g/mol. The number of rotatable bonds is 1. The third kappa shape index (κ3) is 2.04. The van der Waals surface area contributed by atoms with E-state index in [1.165, 1.54) is 37.2 Å². The highest BCUT2D eigenvalue weighted by Crippen LogP contribution is 2.32. The maximum atomic E-state index is 6.35. The van der Waals surface area contributed by atoms with Gasteiger partial charge in [0.05, 0.1) is 10.7 Å². The van der Waals surface area contributed by atoms with Crippen LogP contribution in [0, 0.1) is 6.92 Å². The quantitative estimate of drug-likeness (QED) is 0.756. The van der Waals surface area contributed by atoms with Gasteiger partial charge in [-0.1, -0.05) is 23.7 Å². The lowest BCUT2D eigenvalue weighted by atomic mass is 10.1. The number of benzene rings is 1. The van der Waals surface area contributed by atoms with Crippen molar-refractivity contribution in [3.8, 4) is 0 Å². The number of hydrogen-bond donors (Lipinski definition) is 0. The fourth-order valence-corrected chi connectivity index (χ4v) is 3.56. The SMILES string of the molecule is Cc1cccc(Cl)c1N1CCN2CCCC2C1. The minimum Gasteiger partial charge on any atom is -0.367 e. The standard InChI is InChI=1S/C14H19ClN2/c1-11-4-2-6-13(15)14(11)17-9-8-16-7-3-5-12(16)10-17/h2,4,6,12H,3,5,7-10H2,1H3. The van der Waals surface area contributed by atoms with Gasteiger partial charge in [0.1, 0.15) is 0 Å². The number of fused-ring (bicyclic) bond motifs is 1. The summed E-state index contributed by atoms with van der Waals surface area (Å²) in [4.78, 5) is 5.10. The van der Waals surface area contributed by atoms with Gasteiger partial charge in [-0.3, -0.25) is 4.90 Å². The summed E-state index contributed by atoms with van der Waals surface area (Å²) in [5.41, 5.74) is 2.55. The van der Waals surface area contributed by atoms with E-state index in [1.54, 1.807) is 0 Å². The zero-order valence-corrected chi connectivity index (χ0v) is 11.1. The highest BCUT2D eigenvalue weighted by molar-refractivity contribution is 6.33. The van der Waals surface area contributed by atoms with E-state index in [1.807, 2.05) is 12.1 Å². The molecule has 2 saturated heterocycles. The van der Waals surface area contributed by atoms with Crippen LogP contribution in [0.5, 0.6) is 0 Å². The molecule has 1 unspecified atom stereocenters. The summed E-state index contributed by atoms with van der Waals surface area (Å²) in [7, 11) is 0. The Morgan fingerprint density at radius 2 is 2.12 bits per heavy atom. The lowest BCUT2D eigenvalue weighted by molar-refractivity contribution is 0.231. The zero-order chi connectivity index (χ0) is 11.8. The minimum atomic E-state index is 0.749. The van der Waals surface area contributed by atoms with Gasteiger partial charge in [0, 0.05) is 25.7 Å². The second kappa shape index (κ2) is 4.51. The van der Waals surface area contributed by atoms with Gasteiger partial charge in [-0.25, -0.2) is 0 Å². The summed E-state index contributed by atoms with van der Waals surface area (Å²) < 4.78 is 0. The number of aryl methyl sites for hydroxylation is 1. The van der Waals surface area contributed by atoms with Crippen LogP contribution in [0.25, 0.3) is 0 Å². The Bertz CT molecular complexity index is 398. The van der Waals surface area contributed by atoms with Gasteiger partial charge in [-0.2, -0.15) is 0 Å². The molecule has 0 radical (unpaired) electrons. The van der Waals surface area contributed by atoms with E-state index in [4.69, 9.17) is 11.6 Å². The van der Waals surface area contributed by atoms with Crippen molar-refractivity contribution in [1.29, 1.82) is 0 Å². The topological polar surface area (TPSA) is 6.48 Å². The van der Waals surface area contributed by atoms with Crippen LogP contribution in [-0.4, -0.2) is 37.1 Å². The molecule has 0 bridgehead atoms. The molecule has 0 spiro atoms. The van der Waals surface area contributed by atoms with E-state index < -0.39 is 0 Å². The molecular formula is C14H19ClN2.